The molecule has 8 aromatic rings. The minimum atomic E-state index is -2.09. The number of hydrogen-bond donors (Lipinski definition) is 5. The molecule has 0 spiro atoms. The summed E-state index contributed by atoms with van der Waals surface area (Å²) in [5, 5.41) is 55.6. The van der Waals surface area contributed by atoms with E-state index in [2.05, 4.69) is 97.1 Å². The first-order valence-corrected chi connectivity index (χ1v) is 17.8. The number of hydrogen-bond acceptors (Lipinski definition) is 5. The highest BCUT2D eigenvalue weighted by molar-refractivity contribution is 8.01. The first-order chi connectivity index (χ1) is 24.4. The maximum Gasteiger partial charge on any atom is 0.158 e. The average Bonchev–Trinajstić information content (AvgIpc) is 3.15. The Hall–Kier alpha value is -6.29. The fraction of sp³-hybridized carbons (Fsp3) is 0. The van der Waals surface area contributed by atoms with Crippen molar-refractivity contribution in [2.75, 3.05) is 0 Å². The van der Waals surface area contributed by atoms with Crippen molar-refractivity contribution in [3.63, 3.8) is 0 Å². The van der Waals surface area contributed by atoms with Crippen molar-refractivity contribution in [3.05, 3.63) is 188 Å². The van der Waals surface area contributed by atoms with Crippen molar-refractivity contribution in [2.24, 2.45) is 0 Å². The van der Waals surface area contributed by atoms with E-state index in [0.717, 1.165) is 26.8 Å². The maximum absolute atomic E-state index is 10.2. The second kappa shape index (κ2) is 15.3. The van der Waals surface area contributed by atoms with Crippen LogP contribution in [0.2, 0.25) is 0 Å². The van der Waals surface area contributed by atoms with E-state index in [1.54, 1.807) is 30.3 Å². The molecule has 50 heavy (non-hydrogen) atoms. The Balaban J connectivity index is 0.000000149. The van der Waals surface area contributed by atoms with Crippen LogP contribution in [-0.2, 0) is 0 Å². The Morgan fingerprint density at radius 1 is 0.260 bits per heavy atom. The van der Waals surface area contributed by atoms with E-state index in [9.17, 15) is 5.11 Å². The summed E-state index contributed by atoms with van der Waals surface area (Å²) in [6.07, 6.45) is 0. The standard InChI is InChI=1S/C24H19OP.2C10H8O2/c25-20-11-10-18-24(19-20)26(21-12-4-1-5-13-21,22-14-6-2-7-15-22)23-16-8-3-9-17-23;2*11-9-5-7-3-1-2-4-8(7)6-10(9)12/h1-19H;2*1-6,11-12H/p+1. The second-order valence-electron chi connectivity index (χ2n) is 11.6. The Kier molecular flexibility index (Phi) is 10.3. The molecule has 246 valence electrons. The summed E-state index contributed by atoms with van der Waals surface area (Å²) in [7, 11) is -2.09. The van der Waals surface area contributed by atoms with Crippen molar-refractivity contribution >= 4 is 50.0 Å². The number of rotatable bonds is 4. The molecule has 5 nitrogen and oxygen atoms in total. The van der Waals surface area contributed by atoms with Crippen LogP contribution in [0.1, 0.15) is 0 Å². The molecule has 5 N–H and O–H groups in total. The highest BCUT2D eigenvalue weighted by Gasteiger charge is 2.47. The predicted molar refractivity (Wildman–Crippen MR) is 207 cm³/mol. The fourth-order valence-corrected chi connectivity index (χ4v) is 10.3. The van der Waals surface area contributed by atoms with Crippen molar-refractivity contribution < 1.29 is 25.5 Å². The van der Waals surface area contributed by atoms with E-state index in [1.165, 1.54) is 15.9 Å². The summed E-state index contributed by atoms with van der Waals surface area (Å²) in [6, 6.07) is 61.0. The van der Waals surface area contributed by atoms with Gasteiger partial charge in [-0.05, 0) is 94.3 Å². The van der Waals surface area contributed by atoms with Crippen LogP contribution in [0.15, 0.2) is 188 Å². The summed E-state index contributed by atoms with van der Waals surface area (Å²) < 4.78 is 0. The molecule has 0 amide bonds. The van der Waals surface area contributed by atoms with Crippen LogP contribution in [0.5, 0.6) is 28.7 Å². The van der Waals surface area contributed by atoms with Gasteiger partial charge >= 0.3 is 0 Å². The third-order valence-corrected chi connectivity index (χ3v) is 12.6. The lowest BCUT2D eigenvalue weighted by Crippen LogP contribution is -2.38. The van der Waals surface area contributed by atoms with Gasteiger partial charge in [0.05, 0.1) is 0 Å². The molecule has 0 saturated carbocycles. The van der Waals surface area contributed by atoms with Crippen LogP contribution in [0.4, 0.5) is 0 Å². The molecule has 0 bridgehead atoms. The van der Waals surface area contributed by atoms with E-state index in [-0.39, 0.29) is 23.0 Å². The van der Waals surface area contributed by atoms with E-state index < -0.39 is 7.26 Å². The first-order valence-electron chi connectivity index (χ1n) is 16.0. The van der Waals surface area contributed by atoms with Crippen molar-refractivity contribution in [3.8, 4) is 28.7 Å². The Labute approximate surface area is 291 Å². The summed E-state index contributed by atoms with van der Waals surface area (Å²) in [4.78, 5) is 0. The van der Waals surface area contributed by atoms with Gasteiger partial charge in [0.15, 0.2) is 23.0 Å². The molecule has 6 heteroatoms. The van der Waals surface area contributed by atoms with Crippen LogP contribution in [0, 0.1) is 0 Å². The van der Waals surface area contributed by atoms with Crippen LogP contribution >= 0.6 is 7.26 Å². The van der Waals surface area contributed by atoms with Crippen LogP contribution in [-0.4, -0.2) is 25.5 Å². The van der Waals surface area contributed by atoms with Gasteiger partial charge in [0, 0.05) is 6.07 Å². The van der Waals surface area contributed by atoms with E-state index in [0.29, 0.717) is 5.75 Å². The lowest BCUT2D eigenvalue weighted by atomic mass is 10.1. The molecular weight excluding hydrogens is 639 g/mol. The van der Waals surface area contributed by atoms with E-state index >= 15 is 0 Å². The van der Waals surface area contributed by atoms with Crippen molar-refractivity contribution in [1.82, 2.24) is 0 Å². The van der Waals surface area contributed by atoms with Gasteiger partial charge in [-0.3, -0.25) is 0 Å². The molecule has 0 aliphatic heterocycles. The quantitative estimate of drug-likeness (QED) is 0.0952. The van der Waals surface area contributed by atoms with Gasteiger partial charge in [-0.25, -0.2) is 0 Å². The third kappa shape index (κ3) is 7.24. The highest BCUT2D eigenvalue weighted by atomic mass is 31.2. The smallest absolute Gasteiger partial charge is 0.158 e. The van der Waals surface area contributed by atoms with Gasteiger partial charge in [-0.1, -0.05) is 109 Å². The molecule has 8 aromatic carbocycles. The molecule has 0 heterocycles. The largest absolute Gasteiger partial charge is 0.508 e. The van der Waals surface area contributed by atoms with Gasteiger partial charge < -0.3 is 25.5 Å². The predicted octanol–water partition coefficient (Wildman–Crippen LogP) is 8.51. The first kappa shape index (κ1) is 33.6. The number of fused-ring (bicyclic) bond motifs is 2. The summed E-state index contributed by atoms with van der Waals surface area (Å²) in [5.74, 6) is -0.000492. The maximum atomic E-state index is 10.2. The van der Waals surface area contributed by atoms with Crippen molar-refractivity contribution in [2.45, 2.75) is 0 Å². The summed E-state index contributed by atoms with van der Waals surface area (Å²) in [5.41, 5.74) is 0. The van der Waals surface area contributed by atoms with Gasteiger partial charge in [0.1, 0.15) is 34.2 Å². The van der Waals surface area contributed by atoms with Gasteiger partial charge in [0.2, 0.25) is 0 Å². The lowest BCUT2D eigenvalue weighted by Gasteiger charge is -2.27. The number of phenolic OH excluding ortho intramolecular Hbond substituents is 5. The monoisotopic (exact) mass is 675 g/mol. The van der Waals surface area contributed by atoms with E-state index in [1.807, 2.05) is 60.7 Å². The van der Waals surface area contributed by atoms with Crippen LogP contribution in [0.25, 0.3) is 21.5 Å². The van der Waals surface area contributed by atoms with Crippen molar-refractivity contribution in [1.29, 1.82) is 0 Å². The molecule has 0 aromatic heterocycles. The molecule has 0 fully saturated rings. The summed E-state index contributed by atoms with van der Waals surface area (Å²) >= 11 is 0. The molecule has 0 radical (unpaired) electrons. The topological polar surface area (TPSA) is 101 Å². The lowest BCUT2D eigenvalue weighted by molar-refractivity contribution is 0.405. The molecule has 8 rings (SSSR count). The zero-order valence-corrected chi connectivity index (χ0v) is 28.0. The molecule has 0 unspecified atom stereocenters. The zero-order chi connectivity index (χ0) is 34.9. The average molecular weight is 676 g/mol. The SMILES string of the molecule is Oc1cc2ccccc2cc1O.Oc1cc2ccccc2cc1O.Oc1cccc([P+](c2ccccc2)(c2ccccc2)c2ccccc2)c1. The molecule has 0 aliphatic carbocycles. The molecular formula is C44H36O5P+. The third-order valence-electron chi connectivity index (χ3n) is 8.33. The minimum absolute atomic E-state index is 0.0753. The van der Waals surface area contributed by atoms with Gasteiger partial charge in [-0.2, -0.15) is 0 Å². The summed E-state index contributed by atoms with van der Waals surface area (Å²) in [6.45, 7) is 0. The molecule has 0 aliphatic rings. The van der Waals surface area contributed by atoms with Gasteiger partial charge in [0.25, 0.3) is 0 Å². The van der Waals surface area contributed by atoms with Crippen LogP contribution < -0.4 is 21.2 Å². The highest BCUT2D eigenvalue weighted by Crippen LogP contribution is 2.54. The Morgan fingerprint density at radius 3 is 0.840 bits per heavy atom. The normalized spacial score (nSPS) is 10.8. The zero-order valence-electron chi connectivity index (χ0n) is 27.1. The second-order valence-corrected chi connectivity index (χ2v) is 15.0. The molecule has 0 saturated heterocycles. The van der Waals surface area contributed by atoms with Crippen LogP contribution in [0.3, 0.4) is 0 Å². The number of benzene rings is 8. The Bertz CT molecular complexity index is 2070. The number of phenols is 5. The van der Waals surface area contributed by atoms with E-state index in [4.69, 9.17) is 20.4 Å². The molecule has 0 atom stereocenters. The minimum Gasteiger partial charge on any atom is -0.508 e. The Morgan fingerprint density at radius 2 is 0.540 bits per heavy atom. The fourth-order valence-electron chi connectivity index (χ4n) is 5.98. The van der Waals surface area contributed by atoms with Gasteiger partial charge in [-0.15, -0.1) is 0 Å². The number of aromatic hydroxyl groups is 5.